The van der Waals surface area contributed by atoms with Crippen LogP contribution in [0.15, 0.2) is 85.6 Å². The van der Waals surface area contributed by atoms with Crippen molar-refractivity contribution in [1.82, 2.24) is 19.4 Å². The van der Waals surface area contributed by atoms with Gasteiger partial charge in [0.25, 0.3) is 12.3 Å². The first-order valence-corrected chi connectivity index (χ1v) is 17.3. The van der Waals surface area contributed by atoms with E-state index in [1.807, 2.05) is 73.7 Å². The fourth-order valence-corrected chi connectivity index (χ4v) is 6.57. The normalized spacial score (nSPS) is 13.3. The molecule has 0 bridgehead atoms. The van der Waals surface area contributed by atoms with Crippen molar-refractivity contribution in [3.63, 3.8) is 0 Å². The Hall–Kier alpha value is -5.43. The van der Waals surface area contributed by atoms with E-state index < -0.39 is 23.4 Å². The van der Waals surface area contributed by atoms with E-state index in [0.29, 0.717) is 41.0 Å². The van der Waals surface area contributed by atoms with Crippen molar-refractivity contribution in [2.24, 2.45) is 5.41 Å². The van der Waals surface area contributed by atoms with Gasteiger partial charge in [0.2, 0.25) is 11.9 Å². The summed E-state index contributed by atoms with van der Waals surface area (Å²) < 4.78 is 34.0. The van der Waals surface area contributed by atoms with Gasteiger partial charge in [-0.2, -0.15) is 0 Å². The Labute approximate surface area is 298 Å². The monoisotopic (exact) mass is 712 g/mol. The molecule has 3 amide bonds. The molecule has 0 aliphatic carbocycles. The van der Waals surface area contributed by atoms with Crippen LogP contribution in [-0.2, 0) is 29.1 Å². The van der Waals surface area contributed by atoms with Crippen molar-refractivity contribution >= 4 is 51.9 Å². The molecule has 1 N–H and O–H groups in total. The molecule has 2 aromatic heterocycles. The molecule has 0 fully saturated rings. The predicted octanol–water partition coefficient (Wildman–Crippen LogP) is 8.32. The lowest BCUT2D eigenvalue weighted by molar-refractivity contribution is -0.114. The summed E-state index contributed by atoms with van der Waals surface area (Å²) in [6, 6.07) is 20.5. The maximum atomic E-state index is 13.6. The van der Waals surface area contributed by atoms with Crippen LogP contribution in [0.3, 0.4) is 0 Å². The van der Waals surface area contributed by atoms with E-state index >= 15 is 0 Å². The van der Waals surface area contributed by atoms with Crippen molar-refractivity contribution in [2.45, 2.75) is 59.7 Å². The Morgan fingerprint density at radius 3 is 2.53 bits per heavy atom. The van der Waals surface area contributed by atoms with Gasteiger partial charge in [-0.3, -0.25) is 19.5 Å². The third-order valence-electron chi connectivity index (χ3n) is 9.05. The van der Waals surface area contributed by atoms with Crippen molar-refractivity contribution < 1.29 is 27.9 Å². The molecule has 0 unspecified atom stereocenters. The molecule has 1 atom stereocenters. The summed E-state index contributed by atoms with van der Waals surface area (Å²) in [5.41, 5.74) is 4.87. The molecule has 13 heteroatoms. The molecule has 5 aromatic rings. The standard InChI is InChI=1S/C38H38F2N6O4S/c1-6-32(47)44-17-16-26-13-14-27(19-30(26)44)46-29-15-12-25(18-28(29)42-36(46)43-34(48)31-20-41-35(51-31)33(39)40)21-45(23(2)38(3,4)5)37(49)50-22-24-10-8-7-9-11-24/h6-15,18-20,23,33H,1,16-17,21-22H2,2-5H3,(H,42,43,48)/t23-/m0/s1. The van der Waals surface area contributed by atoms with Gasteiger partial charge in [0.1, 0.15) is 11.5 Å². The average Bonchev–Trinajstić information content (AvgIpc) is 3.86. The van der Waals surface area contributed by atoms with E-state index in [4.69, 9.17) is 9.72 Å². The maximum absolute atomic E-state index is 13.6. The topological polar surface area (TPSA) is 110 Å². The number of anilines is 2. The van der Waals surface area contributed by atoms with E-state index in [1.165, 1.54) is 6.08 Å². The summed E-state index contributed by atoms with van der Waals surface area (Å²) >= 11 is 0.605. The maximum Gasteiger partial charge on any atom is 0.410 e. The van der Waals surface area contributed by atoms with Gasteiger partial charge >= 0.3 is 6.09 Å². The minimum atomic E-state index is -2.80. The fraction of sp³-hybridized carbons (Fsp3) is 0.289. The van der Waals surface area contributed by atoms with E-state index in [0.717, 1.165) is 28.6 Å². The number of fused-ring (bicyclic) bond motifs is 2. The minimum Gasteiger partial charge on any atom is -0.445 e. The van der Waals surface area contributed by atoms with Crippen molar-refractivity contribution in [2.75, 3.05) is 16.8 Å². The molecular weight excluding hydrogens is 675 g/mol. The summed E-state index contributed by atoms with van der Waals surface area (Å²) in [7, 11) is 0. The highest BCUT2D eigenvalue weighted by Gasteiger charge is 2.31. The Balaban J connectivity index is 1.38. The molecule has 0 saturated heterocycles. The number of carbonyl (C=O) groups excluding carboxylic acids is 3. The van der Waals surface area contributed by atoms with Gasteiger partial charge in [-0.25, -0.2) is 23.5 Å². The first kappa shape index (κ1) is 35.4. The number of imidazole rings is 1. The highest BCUT2D eigenvalue weighted by Crippen LogP contribution is 2.35. The smallest absolute Gasteiger partial charge is 0.410 e. The first-order valence-electron chi connectivity index (χ1n) is 16.4. The van der Waals surface area contributed by atoms with Gasteiger partial charge in [0.05, 0.1) is 22.9 Å². The van der Waals surface area contributed by atoms with E-state index in [-0.39, 0.29) is 41.3 Å². The second kappa shape index (κ2) is 14.4. The molecule has 51 heavy (non-hydrogen) atoms. The molecule has 1 aliphatic heterocycles. The van der Waals surface area contributed by atoms with Crippen LogP contribution in [0.5, 0.6) is 0 Å². The van der Waals surface area contributed by atoms with Crippen LogP contribution in [-0.4, -0.2) is 49.9 Å². The van der Waals surface area contributed by atoms with Crippen LogP contribution in [0.25, 0.3) is 16.7 Å². The summed E-state index contributed by atoms with van der Waals surface area (Å²) in [5.74, 6) is -0.732. The zero-order chi connectivity index (χ0) is 36.4. The van der Waals surface area contributed by atoms with Gasteiger partial charge in [0, 0.05) is 24.8 Å². The fourth-order valence-electron chi connectivity index (χ4n) is 5.90. The molecule has 0 spiro atoms. The van der Waals surface area contributed by atoms with E-state index in [1.54, 1.807) is 14.4 Å². The number of hydrogen-bond donors (Lipinski definition) is 1. The van der Waals surface area contributed by atoms with Gasteiger partial charge in [0.15, 0.2) is 5.01 Å². The molecule has 1 aliphatic rings. The zero-order valence-corrected chi connectivity index (χ0v) is 29.5. The third-order valence-corrected chi connectivity index (χ3v) is 10.1. The number of carbonyl (C=O) groups is 3. The van der Waals surface area contributed by atoms with Gasteiger partial charge in [-0.15, -0.1) is 11.3 Å². The van der Waals surface area contributed by atoms with Crippen LogP contribution in [0.2, 0.25) is 0 Å². The highest BCUT2D eigenvalue weighted by atomic mass is 32.1. The van der Waals surface area contributed by atoms with Crippen LogP contribution in [0, 0.1) is 5.41 Å². The zero-order valence-electron chi connectivity index (χ0n) is 28.7. The predicted molar refractivity (Wildman–Crippen MR) is 193 cm³/mol. The number of rotatable bonds is 10. The van der Waals surface area contributed by atoms with Gasteiger partial charge in [-0.1, -0.05) is 69.8 Å². The summed E-state index contributed by atoms with van der Waals surface area (Å²) in [6.45, 7) is 12.7. The molecule has 10 nitrogen and oxygen atoms in total. The van der Waals surface area contributed by atoms with Gasteiger partial charge < -0.3 is 14.5 Å². The quantitative estimate of drug-likeness (QED) is 0.146. The van der Waals surface area contributed by atoms with Crippen molar-refractivity contribution in [3.05, 3.63) is 112 Å². The largest absolute Gasteiger partial charge is 0.445 e. The lowest BCUT2D eigenvalue weighted by Gasteiger charge is -2.37. The molecule has 3 heterocycles. The highest BCUT2D eigenvalue weighted by molar-refractivity contribution is 7.13. The molecule has 264 valence electrons. The van der Waals surface area contributed by atoms with Crippen molar-refractivity contribution in [1.29, 1.82) is 0 Å². The number of ether oxygens (including phenoxy) is 1. The molecular formula is C38H38F2N6O4S. The van der Waals surface area contributed by atoms with Crippen LogP contribution >= 0.6 is 11.3 Å². The number of benzene rings is 3. The summed E-state index contributed by atoms with van der Waals surface area (Å²) in [5, 5.41) is 2.33. The molecule has 0 saturated carbocycles. The summed E-state index contributed by atoms with van der Waals surface area (Å²) in [6.07, 6.45) is -0.191. The van der Waals surface area contributed by atoms with E-state index in [2.05, 4.69) is 37.7 Å². The lowest BCUT2D eigenvalue weighted by Crippen LogP contribution is -2.45. The van der Waals surface area contributed by atoms with Crippen LogP contribution in [0.4, 0.5) is 25.2 Å². The number of hydrogen-bond acceptors (Lipinski definition) is 7. The Bertz CT molecular complexity index is 2110. The number of alkyl halides is 2. The lowest BCUT2D eigenvalue weighted by atomic mass is 9.87. The van der Waals surface area contributed by atoms with E-state index in [9.17, 15) is 23.2 Å². The number of thiazole rings is 1. The number of nitrogens with one attached hydrogen (secondary N) is 1. The molecule has 6 rings (SSSR count). The van der Waals surface area contributed by atoms with Crippen molar-refractivity contribution in [3.8, 4) is 5.69 Å². The second-order valence-electron chi connectivity index (χ2n) is 13.4. The average molecular weight is 713 g/mol. The minimum absolute atomic E-state index is 0.00197. The van der Waals surface area contributed by atoms with Crippen LogP contribution < -0.4 is 10.2 Å². The first-order chi connectivity index (χ1) is 24.3. The van der Waals surface area contributed by atoms with Gasteiger partial charge in [-0.05, 0) is 65.8 Å². The number of halogens is 2. The molecule has 3 aromatic carbocycles. The Morgan fingerprint density at radius 2 is 1.84 bits per heavy atom. The Morgan fingerprint density at radius 1 is 1.08 bits per heavy atom. The van der Waals surface area contributed by atoms with Crippen LogP contribution in [0.1, 0.15) is 65.5 Å². The summed E-state index contributed by atoms with van der Waals surface area (Å²) in [4.78, 5) is 51.3. The SMILES string of the molecule is C=CC(=O)N1CCc2ccc(-n3c(NC(=O)c4cnc(C(F)F)s4)nc4cc(CN(C(=O)OCc5ccccc5)[C@@H](C)C(C)(C)C)ccc43)cc21. The molecule has 0 radical (unpaired) electrons. The number of aromatic nitrogens is 3. The number of amides is 3. The third kappa shape index (κ3) is 7.53. The second-order valence-corrected chi connectivity index (χ2v) is 14.4. The Kier molecular flexibility index (Phi) is 10.0. The number of nitrogens with zero attached hydrogens (tertiary/aromatic N) is 5.